The lowest BCUT2D eigenvalue weighted by atomic mass is 9.74. The largest absolute Gasteiger partial charge is 0.264 e. The molecule has 3 nitrogen and oxygen atoms in total. The van der Waals surface area contributed by atoms with E-state index in [0.717, 1.165) is 32.1 Å². The van der Waals surface area contributed by atoms with Crippen LogP contribution in [0.3, 0.4) is 0 Å². The van der Waals surface area contributed by atoms with Crippen molar-refractivity contribution in [2.45, 2.75) is 57.4 Å². The van der Waals surface area contributed by atoms with Gasteiger partial charge in [-0.3, -0.25) is 10.1 Å². The van der Waals surface area contributed by atoms with Gasteiger partial charge in [-0.25, -0.2) is 0 Å². The minimum absolute atomic E-state index is 0.146. The van der Waals surface area contributed by atoms with Gasteiger partial charge in [-0.15, -0.1) is 0 Å². The highest BCUT2D eigenvalue weighted by Crippen LogP contribution is 2.36. The van der Waals surface area contributed by atoms with Crippen LogP contribution in [0.5, 0.6) is 0 Å². The van der Waals surface area contributed by atoms with E-state index in [1.807, 2.05) is 6.92 Å². The van der Waals surface area contributed by atoms with Crippen LogP contribution in [0.15, 0.2) is 0 Å². The first-order valence-corrected chi connectivity index (χ1v) is 5.61. The average molecular weight is 198 g/mol. The highest BCUT2D eigenvalue weighted by atomic mass is 16.6. The van der Waals surface area contributed by atoms with E-state index in [-0.39, 0.29) is 10.8 Å². The van der Waals surface area contributed by atoms with Crippen molar-refractivity contribution in [1.29, 1.82) is 0 Å². The Hall–Kier alpha value is -0.600. The summed E-state index contributed by atoms with van der Waals surface area (Å²) in [5.41, 5.74) is -0.908. The molecule has 0 aromatic rings. The first kappa shape index (κ1) is 11.5. The molecular formula is C11H20NO2. The second-order valence-corrected chi connectivity index (χ2v) is 4.45. The van der Waals surface area contributed by atoms with E-state index in [2.05, 4.69) is 6.92 Å². The Balaban J connectivity index is 2.69. The maximum atomic E-state index is 11.1. The lowest BCUT2D eigenvalue weighted by Crippen LogP contribution is -2.43. The van der Waals surface area contributed by atoms with Gasteiger partial charge in [0, 0.05) is 24.2 Å². The van der Waals surface area contributed by atoms with Crippen molar-refractivity contribution >= 4 is 0 Å². The molecular weight excluding hydrogens is 178 g/mol. The first-order valence-electron chi connectivity index (χ1n) is 5.61. The Morgan fingerprint density at radius 2 is 2.00 bits per heavy atom. The monoisotopic (exact) mass is 198 g/mol. The number of nitrogens with zero attached hydrogens (tertiary/aromatic N) is 1. The smallest absolute Gasteiger partial charge is 0.225 e. The lowest BCUT2D eigenvalue weighted by Gasteiger charge is -2.32. The summed E-state index contributed by atoms with van der Waals surface area (Å²) < 4.78 is 0. The zero-order valence-corrected chi connectivity index (χ0v) is 9.00. The third-order valence-corrected chi connectivity index (χ3v) is 3.41. The van der Waals surface area contributed by atoms with Crippen molar-refractivity contribution in [3.05, 3.63) is 17.0 Å². The quantitative estimate of drug-likeness (QED) is 0.514. The lowest BCUT2D eigenvalue weighted by molar-refractivity contribution is -0.569. The van der Waals surface area contributed by atoms with E-state index in [0.29, 0.717) is 6.42 Å². The van der Waals surface area contributed by atoms with Crippen molar-refractivity contribution in [3.8, 4) is 0 Å². The van der Waals surface area contributed by atoms with Crippen molar-refractivity contribution in [1.82, 2.24) is 0 Å². The van der Waals surface area contributed by atoms with Crippen LogP contribution in [0.2, 0.25) is 0 Å². The van der Waals surface area contributed by atoms with Crippen LogP contribution in [-0.2, 0) is 0 Å². The molecule has 0 amide bonds. The van der Waals surface area contributed by atoms with Gasteiger partial charge in [0.25, 0.3) is 0 Å². The van der Waals surface area contributed by atoms with Crippen LogP contribution >= 0.6 is 0 Å². The highest BCUT2D eigenvalue weighted by Gasteiger charge is 2.44. The molecule has 1 aliphatic carbocycles. The van der Waals surface area contributed by atoms with Gasteiger partial charge in [0.05, 0.1) is 0 Å². The van der Waals surface area contributed by atoms with Gasteiger partial charge in [-0.1, -0.05) is 26.2 Å². The second-order valence-electron chi connectivity index (χ2n) is 4.45. The zero-order valence-electron chi connectivity index (χ0n) is 9.00. The molecule has 0 heterocycles. The van der Waals surface area contributed by atoms with Crippen LogP contribution in [-0.4, -0.2) is 10.5 Å². The van der Waals surface area contributed by atoms with E-state index in [1.54, 1.807) is 0 Å². The summed E-state index contributed by atoms with van der Waals surface area (Å²) in [5.74, 6) is 0.200. The Morgan fingerprint density at radius 3 is 2.43 bits per heavy atom. The summed E-state index contributed by atoms with van der Waals surface area (Å²) in [5, 5.41) is 11.1. The Bertz CT molecular complexity index is 199. The molecule has 1 aliphatic rings. The molecule has 0 saturated heterocycles. The van der Waals surface area contributed by atoms with Gasteiger partial charge in [-0.05, 0) is 19.3 Å². The van der Waals surface area contributed by atoms with E-state index >= 15 is 0 Å². The molecule has 1 unspecified atom stereocenters. The molecule has 81 valence electrons. The predicted octanol–water partition coefficient (Wildman–Crippen LogP) is 3.22. The summed E-state index contributed by atoms with van der Waals surface area (Å²) in [7, 11) is 0. The predicted molar refractivity (Wildman–Crippen MR) is 56.6 cm³/mol. The highest BCUT2D eigenvalue weighted by molar-refractivity contribution is 4.90. The maximum Gasteiger partial charge on any atom is 0.225 e. The van der Waals surface area contributed by atoms with Crippen LogP contribution in [0, 0.1) is 23.0 Å². The Labute approximate surface area is 86.0 Å². The number of hydrogen-bond acceptors (Lipinski definition) is 2. The molecule has 0 aliphatic heterocycles. The fourth-order valence-electron chi connectivity index (χ4n) is 2.52. The topological polar surface area (TPSA) is 43.1 Å². The van der Waals surface area contributed by atoms with Crippen molar-refractivity contribution in [2.24, 2.45) is 5.92 Å². The van der Waals surface area contributed by atoms with E-state index < -0.39 is 5.54 Å². The summed E-state index contributed by atoms with van der Waals surface area (Å²) >= 11 is 0. The molecule has 1 atom stereocenters. The summed E-state index contributed by atoms with van der Waals surface area (Å²) in [4.78, 5) is 10.9. The van der Waals surface area contributed by atoms with Gasteiger partial charge in [-0.2, -0.15) is 0 Å². The minimum atomic E-state index is -0.908. The van der Waals surface area contributed by atoms with Gasteiger partial charge >= 0.3 is 0 Å². The standard InChI is InChI=1S/C11H20NO2/c1-3-9-11(2,12(13)14)10-7-5-4-6-8-10/h10H,2-9H2,1H3. The molecule has 14 heavy (non-hydrogen) atoms. The molecule has 0 bridgehead atoms. The summed E-state index contributed by atoms with van der Waals surface area (Å²) in [6.07, 6.45) is 6.95. The van der Waals surface area contributed by atoms with E-state index in [9.17, 15) is 10.1 Å². The number of hydrogen-bond donors (Lipinski definition) is 0. The van der Waals surface area contributed by atoms with E-state index in [4.69, 9.17) is 0 Å². The molecule has 3 heteroatoms. The fraction of sp³-hybridized carbons (Fsp3) is 0.909. The second kappa shape index (κ2) is 4.76. The summed E-state index contributed by atoms with van der Waals surface area (Å²) in [6.45, 7) is 5.88. The fourth-order valence-corrected chi connectivity index (χ4v) is 2.52. The zero-order chi connectivity index (χ0) is 10.6. The van der Waals surface area contributed by atoms with Crippen LogP contribution in [0.1, 0.15) is 51.9 Å². The van der Waals surface area contributed by atoms with Crippen molar-refractivity contribution in [3.63, 3.8) is 0 Å². The van der Waals surface area contributed by atoms with Gasteiger partial charge < -0.3 is 0 Å². The number of rotatable bonds is 4. The normalized spacial score (nSPS) is 23.0. The molecule has 0 N–H and O–H groups in total. The SMILES string of the molecule is [CH2]C(CCC)(C1CCCCC1)[N+](=O)[O-]. The Kier molecular flexibility index (Phi) is 3.90. The van der Waals surface area contributed by atoms with E-state index in [1.165, 1.54) is 6.42 Å². The van der Waals surface area contributed by atoms with Crippen LogP contribution in [0.25, 0.3) is 0 Å². The third-order valence-electron chi connectivity index (χ3n) is 3.41. The molecule has 1 rings (SSSR count). The first-order chi connectivity index (χ1) is 6.61. The van der Waals surface area contributed by atoms with Gasteiger partial charge in [0.15, 0.2) is 0 Å². The number of nitro groups is 1. The average Bonchev–Trinajstić information content (AvgIpc) is 2.19. The summed E-state index contributed by atoms with van der Waals surface area (Å²) in [6, 6.07) is 0. The molecule has 1 radical (unpaired) electrons. The van der Waals surface area contributed by atoms with Crippen LogP contribution in [0.4, 0.5) is 0 Å². The van der Waals surface area contributed by atoms with Crippen molar-refractivity contribution < 1.29 is 4.92 Å². The maximum absolute atomic E-state index is 11.1. The minimum Gasteiger partial charge on any atom is -0.264 e. The van der Waals surface area contributed by atoms with Crippen molar-refractivity contribution in [2.75, 3.05) is 0 Å². The molecule has 0 aromatic heterocycles. The molecule has 1 fully saturated rings. The molecule has 1 saturated carbocycles. The third kappa shape index (κ3) is 2.25. The molecule has 0 spiro atoms. The van der Waals surface area contributed by atoms with Gasteiger partial charge in [0.2, 0.25) is 5.54 Å². The van der Waals surface area contributed by atoms with Gasteiger partial charge in [0.1, 0.15) is 0 Å². The van der Waals surface area contributed by atoms with Crippen LogP contribution < -0.4 is 0 Å². The molecule has 0 aromatic carbocycles. The Morgan fingerprint density at radius 1 is 1.43 bits per heavy atom.